The van der Waals surface area contributed by atoms with Crippen molar-refractivity contribution < 1.29 is 9.59 Å². The normalized spacial score (nSPS) is 10.6. The van der Waals surface area contributed by atoms with Gasteiger partial charge in [-0.15, -0.1) is 0 Å². The van der Waals surface area contributed by atoms with Crippen LogP contribution in [0.3, 0.4) is 0 Å². The van der Waals surface area contributed by atoms with Gasteiger partial charge >= 0.3 is 0 Å². The number of aryl methyl sites for hydroxylation is 1. The second kappa shape index (κ2) is 8.40. The van der Waals surface area contributed by atoms with Gasteiger partial charge < -0.3 is 10.2 Å². The second-order valence-corrected chi connectivity index (χ2v) is 6.23. The van der Waals surface area contributed by atoms with Crippen molar-refractivity contribution >= 4 is 39.5 Å². The number of rotatable bonds is 5. The molecule has 0 radical (unpaired) electrons. The fourth-order valence-corrected chi connectivity index (χ4v) is 2.50. The van der Waals surface area contributed by atoms with Gasteiger partial charge in [0, 0.05) is 35.7 Å². The molecule has 6 heteroatoms. The average Bonchev–Trinajstić information content (AvgIpc) is 2.56. The number of amides is 2. The quantitative estimate of drug-likeness (QED) is 0.800. The fraction of sp³-hybridized carbons (Fsp3) is 0.167. The van der Waals surface area contributed by atoms with Crippen molar-refractivity contribution in [2.24, 2.45) is 0 Å². The number of likely N-dealkylation sites (N-methyl/N-ethyl adjacent to an activating group) is 1. The van der Waals surface area contributed by atoms with E-state index < -0.39 is 0 Å². The highest BCUT2D eigenvalue weighted by Gasteiger charge is 2.11. The van der Waals surface area contributed by atoms with Gasteiger partial charge in [-0.2, -0.15) is 0 Å². The zero-order valence-corrected chi connectivity index (χ0v) is 15.1. The predicted molar refractivity (Wildman–Crippen MR) is 98.4 cm³/mol. The van der Waals surface area contributed by atoms with Gasteiger partial charge in [-0.05, 0) is 54.5 Å². The number of halogens is 1. The van der Waals surface area contributed by atoms with Gasteiger partial charge in [0.25, 0.3) is 0 Å². The molecule has 0 aliphatic heterocycles. The first-order valence-electron chi connectivity index (χ1n) is 7.35. The van der Waals surface area contributed by atoms with Gasteiger partial charge in [0.15, 0.2) is 0 Å². The Balaban J connectivity index is 1.91. The lowest BCUT2D eigenvalue weighted by Gasteiger charge is -2.15. The molecule has 2 aromatic rings. The number of benzene rings is 1. The molecule has 2 amide bonds. The van der Waals surface area contributed by atoms with Crippen molar-refractivity contribution in [2.45, 2.75) is 6.92 Å². The summed E-state index contributed by atoms with van der Waals surface area (Å²) in [5, 5.41) is 2.81. The Hall–Kier alpha value is -2.47. The largest absolute Gasteiger partial charge is 0.333 e. The number of nitrogens with zero attached hydrogens (tertiary/aromatic N) is 2. The molecule has 24 heavy (non-hydrogen) atoms. The number of aromatic nitrogens is 1. The SMILES string of the molecule is Cc1cc(Br)ccc1NC(=O)CN(C)C(=O)/C=C/c1ccncc1. The summed E-state index contributed by atoms with van der Waals surface area (Å²) in [6.07, 6.45) is 6.44. The summed E-state index contributed by atoms with van der Waals surface area (Å²) in [6, 6.07) is 9.19. The highest BCUT2D eigenvalue weighted by molar-refractivity contribution is 9.10. The van der Waals surface area contributed by atoms with Crippen LogP contribution in [0.1, 0.15) is 11.1 Å². The minimum Gasteiger partial charge on any atom is -0.333 e. The standard InChI is InChI=1S/C18H18BrN3O2/c1-13-11-15(19)4-5-16(13)21-17(23)12-22(2)18(24)6-3-14-7-9-20-10-8-14/h3-11H,12H2,1-2H3,(H,21,23)/b6-3+. The van der Waals surface area contributed by atoms with Gasteiger partial charge in [-0.25, -0.2) is 0 Å². The zero-order chi connectivity index (χ0) is 17.5. The van der Waals surface area contributed by atoms with Crippen LogP contribution in [-0.2, 0) is 9.59 Å². The van der Waals surface area contributed by atoms with Crippen LogP contribution in [-0.4, -0.2) is 35.3 Å². The highest BCUT2D eigenvalue weighted by Crippen LogP contribution is 2.19. The molecule has 0 spiro atoms. The van der Waals surface area contributed by atoms with Crippen molar-refractivity contribution in [3.63, 3.8) is 0 Å². The summed E-state index contributed by atoms with van der Waals surface area (Å²) in [6.45, 7) is 1.89. The van der Waals surface area contributed by atoms with Gasteiger partial charge in [-0.1, -0.05) is 15.9 Å². The Morgan fingerprint density at radius 2 is 1.96 bits per heavy atom. The van der Waals surface area contributed by atoms with E-state index in [-0.39, 0.29) is 18.4 Å². The molecule has 0 aliphatic carbocycles. The molecular formula is C18H18BrN3O2. The smallest absolute Gasteiger partial charge is 0.246 e. The minimum atomic E-state index is -0.242. The van der Waals surface area contributed by atoms with Gasteiger partial charge in [-0.3, -0.25) is 14.6 Å². The molecule has 0 atom stereocenters. The molecule has 0 aliphatic rings. The molecule has 5 nitrogen and oxygen atoms in total. The van der Waals surface area contributed by atoms with Crippen LogP contribution in [0.4, 0.5) is 5.69 Å². The first-order valence-corrected chi connectivity index (χ1v) is 8.14. The summed E-state index contributed by atoms with van der Waals surface area (Å²) >= 11 is 3.38. The molecule has 2 rings (SSSR count). The molecule has 0 saturated heterocycles. The molecule has 1 aromatic heterocycles. The Bertz CT molecular complexity index is 760. The summed E-state index contributed by atoms with van der Waals surface area (Å²) in [5.41, 5.74) is 2.56. The third-order valence-corrected chi connectivity index (χ3v) is 3.84. The van der Waals surface area contributed by atoms with Crippen LogP contribution >= 0.6 is 15.9 Å². The molecule has 0 fully saturated rings. The summed E-state index contributed by atoms with van der Waals surface area (Å²) in [5.74, 6) is -0.483. The van der Waals surface area contributed by atoms with E-state index in [2.05, 4.69) is 26.2 Å². The van der Waals surface area contributed by atoms with Crippen LogP contribution in [0, 0.1) is 6.92 Å². The maximum atomic E-state index is 12.1. The van der Waals surface area contributed by atoms with E-state index in [9.17, 15) is 9.59 Å². The molecular weight excluding hydrogens is 370 g/mol. The van der Waals surface area contributed by atoms with E-state index in [1.165, 1.54) is 11.0 Å². The van der Waals surface area contributed by atoms with Crippen LogP contribution < -0.4 is 5.32 Å². The molecule has 0 bridgehead atoms. The van der Waals surface area contributed by atoms with Gasteiger partial charge in [0.05, 0.1) is 6.54 Å². The molecule has 0 saturated carbocycles. The topological polar surface area (TPSA) is 62.3 Å². The Morgan fingerprint density at radius 1 is 1.25 bits per heavy atom. The van der Waals surface area contributed by atoms with Crippen molar-refractivity contribution in [1.29, 1.82) is 0 Å². The third kappa shape index (κ3) is 5.31. The number of nitrogens with one attached hydrogen (secondary N) is 1. The van der Waals surface area contributed by atoms with E-state index >= 15 is 0 Å². The number of carbonyl (C=O) groups is 2. The first-order chi connectivity index (χ1) is 11.5. The Labute approximate surface area is 149 Å². The maximum Gasteiger partial charge on any atom is 0.246 e. The van der Waals surface area contributed by atoms with Crippen molar-refractivity contribution in [1.82, 2.24) is 9.88 Å². The average molecular weight is 388 g/mol. The number of pyridine rings is 1. The maximum absolute atomic E-state index is 12.1. The van der Waals surface area contributed by atoms with E-state index in [0.717, 1.165) is 21.3 Å². The van der Waals surface area contributed by atoms with E-state index in [0.29, 0.717) is 0 Å². The Kier molecular flexibility index (Phi) is 6.26. The van der Waals surface area contributed by atoms with Crippen LogP contribution in [0.25, 0.3) is 6.08 Å². The van der Waals surface area contributed by atoms with Crippen molar-refractivity contribution in [3.8, 4) is 0 Å². The van der Waals surface area contributed by atoms with E-state index in [1.807, 2.05) is 25.1 Å². The summed E-state index contributed by atoms with van der Waals surface area (Å²) < 4.78 is 0.951. The van der Waals surface area contributed by atoms with E-state index in [1.54, 1.807) is 37.7 Å². The molecule has 1 N–H and O–H groups in total. The monoisotopic (exact) mass is 387 g/mol. The minimum absolute atomic E-state index is 0.0188. The lowest BCUT2D eigenvalue weighted by molar-refractivity contribution is -0.129. The number of hydrogen-bond acceptors (Lipinski definition) is 3. The Morgan fingerprint density at radius 3 is 2.62 bits per heavy atom. The zero-order valence-electron chi connectivity index (χ0n) is 13.5. The fourth-order valence-electron chi connectivity index (χ4n) is 2.02. The lowest BCUT2D eigenvalue weighted by Crippen LogP contribution is -2.34. The molecule has 1 heterocycles. The van der Waals surface area contributed by atoms with Crippen LogP contribution in [0.15, 0.2) is 53.3 Å². The van der Waals surface area contributed by atoms with Crippen molar-refractivity contribution in [2.75, 3.05) is 18.9 Å². The third-order valence-electron chi connectivity index (χ3n) is 3.34. The van der Waals surface area contributed by atoms with Gasteiger partial charge in [0.2, 0.25) is 11.8 Å². The number of carbonyl (C=O) groups excluding carboxylic acids is 2. The second-order valence-electron chi connectivity index (χ2n) is 5.32. The number of anilines is 1. The number of hydrogen-bond donors (Lipinski definition) is 1. The molecule has 1 aromatic carbocycles. The highest BCUT2D eigenvalue weighted by atomic mass is 79.9. The molecule has 0 unspecified atom stereocenters. The predicted octanol–water partition coefficient (Wildman–Crippen LogP) is 3.26. The van der Waals surface area contributed by atoms with Crippen LogP contribution in [0.2, 0.25) is 0 Å². The van der Waals surface area contributed by atoms with Crippen LogP contribution in [0.5, 0.6) is 0 Å². The van der Waals surface area contributed by atoms with Gasteiger partial charge in [0.1, 0.15) is 0 Å². The van der Waals surface area contributed by atoms with Crippen molar-refractivity contribution in [3.05, 3.63) is 64.4 Å². The summed E-state index contributed by atoms with van der Waals surface area (Å²) in [4.78, 5) is 29.4. The lowest BCUT2D eigenvalue weighted by atomic mass is 10.2. The summed E-state index contributed by atoms with van der Waals surface area (Å²) in [7, 11) is 1.59. The molecule has 124 valence electrons. The first kappa shape index (κ1) is 17.9. The van der Waals surface area contributed by atoms with E-state index in [4.69, 9.17) is 0 Å².